The first-order chi connectivity index (χ1) is 11.2. The first-order valence-corrected chi connectivity index (χ1v) is 8.99. The fourth-order valence-corrected chi connectivity index (χ4v) is 3.91. The Morgan fingerprint density at radius 1 is 1.12 bits per heavy atom. The molecule has 0 saturated carbocycles. The van der Waals surface area contributed by atoms with Crippen molar-refractivity contribution in [1.82, 2.24) is 4.31 Å². The zero-order valence-corrected chi connectivity index (χ0v) is 14.7. The summed E-state index contributed by atoms with van der Waals surface area (Å²) >= 11 is 0. The second kappa shape index (κ2) is 7.15. The van der Waals surface area contributed by atoms with Gasteiger partial charge in [-0.1, -0.05) is 42.0 Å². The highest BCUT2D eigenvalue weighted by Crippen LogP contribution is 2.20. The number of carboxylic acids is 1. The third-order valence-corrected chi connectivity index (χ3v) is 5.94. The third kappa shape index (κ3) is 3.83. The summed E-state index contributed by atoms with van der Waals surface area (Å²) < 4.78 is 26.3. The Kier molecular flexibility index (Phi) is 5.41. The Labute approximate surface area is 142 Å². The third-order valence-electron chi connectivity index (χ3n) is 4.06. The second-order valence-corrected chi connectivity index (χ2v) is 7.82. The summed E-state index contributed by atoms with van der Waals surface area (Å²) in [5.74, 6) is -1.17. The topological polar surface area (TPSA) is 74.7 Å². The number of benzene rings is 2. The zero-order chi connectivity index (χ0) is 17.9. The fourth-order valence-electron chi connectivity index (χ4n) is 2.58. The number of carbonyl (C=O) groups is 1. The van der Waals surface area contributed by atoms with Crippen molar-refractivity contribution in [3.05, 3.63) is 65.2 Å². The van der Waals surface area contributed by atoms with E-state index in [0.717, 1.165) is 21.0 Å². The van der Waals surface area contributed by atoms with Gasteiger partial charge in [0.05, 0.1) is 4.90 Å². The van der Waals surface area contributed by atoms with Gasteiger partial charge in [0.1, 0.15) is 6.04 Å². The smallest absolute Gasteiger partial charge is 0.322 e. The van der Waals surface area contributed by atoms with Gasteiger partial charge < -0.3 is 5.11 Å². The van der Waals surface area contributed by atoms with Gasteiger partial charge >= 0.3 is 5.97 Å². The summed E-state index contributed by atoms with van der Waals surface area (Å²) in [7, 11) is -2.56. The number of rotatable bonds is 6. The molecule has 0 radical (unpaired) electrons. The molecule has 2 aromatic carbocycles. The minimum absolute atomic E-state index is 0.0828. The molecule has 0 amide bonds. The predicted molar refractivity (Wildman–Crippen MR) is 92.4 cm³/mol. The minimum Gasteiger partial charge on any atom is -0.480 e. The number of aryl methyl sites for hydroxylation is 2. The van der Waals surface area contributed by atoms with E-state index in [1.807, 2.05) is 32.0 Å². The lowest BCUT2D eigenvalue weighted by atomic mass is 9.99. The van der Waals surface area contributed by atoms with Gasteiger partial charge in [0.25, 0.3) is 0 Å². The fraction of sp³-hybridized carbons (Fsp3) is 0.278. The highest BCUT2D eigenvalue weighted by atomic mass is 32.2. The van der Waals surface area contributed by atoms with Crippen molar-refractivity contribution in [2.45, 2.75) is 31.2 Å². The molecule has 1 atom stereocenters. The molecule has 0 bridgehead atoms. The first kappa shape index (κ1) is 18.2. The molecule has 0 aliphatic rings. The number of hydrogen-bond acceptors (Lipinski definition) is 3. The molecule has 0 heterocycles. The van der Waals surface area contributed by atoms with E-state index in [2.05, 4.69) is 0 Å². The van der Waals surface area contributed by atoms with E-state index < -0.39 is 22.0 Å². The molecule has 0 saturated heterocycles. The molecule has 2 rings (SSSR count). The minimum atomic E-state index is -3.87. The largest absolute Gasteiger partial charge is 0.480 e. The van der Waals surface area contributed by atoms with E-state index in [0.29, 0.717) is 0 Å². The number of carboxylic acid groups (broad SMARTS) is 1. The Morgan fingerprint density at radius 3 is 2.29 bits per heavy atom. The molecular weight excluding hydrogens is 326 g/mol. The molecular formula is C18H21NO4S. The van der Waals surface area contributed by atoms with Gasteiger partial charge in [0.15, 0.2) is 0 Å². The highest BCUT2D eigenvalue weighted by molar-refractivity contribution is 7.89. The summed E-state index contributed by atoms with van der Waals surface area (Å²) in [6.07, 6.45) is 0.115. The Bertz CT molecular complexity index is 831. The van der Waals surface area contributed by atoms with E-state index in [1.54, 1.807) is 18.2 Å². The van der Waals surface area contributed by atoms with E-state index >= 15 is 0 Å². The molecule has 2 aromatic rings. The van der Waals surface area contributed by atoms with E-state index in [4.69, 9.17) is 0 Å². The van der Waals surface area contributed by atoms with Crippen LogP contribution in [0.4, 0.5) is 0 Å². The highest BCUT2D eigenvalue weighted by Gasteiger charge is 2.33. The molecule has 128 valence electrons. The molecule has 0 spiro atoms. The van der Waals surface area contributed by atoms with Crippen LogP contribution in [-0.4, -0.2) is 36.9 Å². The number of sulfonamides is 1. The van der Waals surface area contributed by atoms with Crippen molar-refractivity contribution in [3.63, 3.8) is 0 Å². The van der Waals surface area contributed by atoms with Gasteiger partial charge in [-0.2, -0.15) is 4.31 Å². The normalized spacial score (nSPS) is 13.0. The SMILES string of the molecule is Cc1ccc(C[C@H](C(=O)O)N(C)S(=O)(=O)c2ccccc2)c(C)c1. The predicted octanol–water partition coefficient (Wildman–Crippen LogP) is 2.62. The summed E-state index contributed by atoms with van der Waals surface area (Å²) in [5, 5.41) is 9.55. The lowest BCUT2D eigenvalue weighted by molar-refractivity contribution is -0.141. The monoisotopic (exact) mass is 347 g/mol. The first-order valence-electron chi connectivity index (χ1n) is 7.55. The number of aliphatic carboxylic acids is 1. The van der Waals surface area contributed by atoms with Crippen LogP contribution in [0.15, 0.2) is 53.4 Å². The van der Waals surface area contributed by atoms with Gasteiger partial charge in [-0.25, -0.2) is 8.42 Å². The second-order valence-electron chi connectivity index (χ2n) is 5.82. The average molecular weight is 347 g/mol. The van der Waals surface area contributed by atoms with E-state index in [1.165, 1.54) is 19.2 Å². The Balaban J connectivity index is 2.35. The van der Waals surface area contributed by atoms with Crippen LogP contribution in [0.3, 0.4) is 0 Å². The van der Waals surface area contributed by atoms with E-state index in [-0.39, 0.29) is 11.3 Å². The van der Waals surface area contributed by atoms with Gasteiger partial charge in [0, 0.05) is 7.05 Å². The standard InChI is InChI=1S/C18H21NO4S/c1-13-9-10-15(14(2)11-13)12-17(18(20)21)19(3)24(22,23)16-7-5-4-6-8-16/h4-11,17H,12H2,1-3H3,(H,20,21)/t17-/m1/s1. The van der Waals surface area contributed by atoms with Crippen LogP contribution in [0.25, 0.3) is 0 Å². The molecule has 0 aliphatic carbocycles. The zero-order valence-electron chi connectivity index (χ0n) is 13.9. The quantitative estimate of drug-likeness (QED) is 0.872. The number of hydrogen-bond donors (Lipinski definition) is 1. The molecule has 0 fully saturated rings. The molecule has 6 heteroatoms. The molecule has 5 nitrogen and oxygen atoms in total. The lowest BCUT2D eigenvalue weighted by Crippen LogP contribution is -2.43. The van der Waals surface area contributed by atoms with Crippen molar-refractivity contribution in [2.24, 2.45) is 0 Å². The lowest BCUT2D eigenvalue weighted by Gasteiger charge is -2.25. The van der Waals surface area contributed by atoms with Crippen LogP contribution in [0.5, 0.6) is 0 Å². The van der Waals surface area contributed by atoms with Crippen LogP contribution in [-0.2, 0) is 21.2 Å². The molecule has 24 heavy (non-hydrogen) atoms. The van der Waals surface area contributed by atoms with Crippen LogP contribution in [0, 0.1) is 13.8 Å². The maximum absolute atomic E-state index is 12.7. The molecule has 0 unspecified atom stereocenters. The van der Waals surface area contributed by atoms with Crippen LogP contribution in [0.1, 0.15) is 16.7 Å². The summed E-state index contributed by atoms with van der Waals surface area (Å²) in [6, 6.07) is 12.4. The Hall–Kier alpha value is -2.18. The van der Waals surface area contributed by atoms with Crippen molar-refractivity contribution in [3.8, 4) is 0 Å². The molecule has 0 aromatic heterocycles. The van der Waals surface area contributed by atoms with Crippen molar-refractivity contribution in [1.29, 1.82) is 0 Å². The van der Waals surface area contributed by atoms with Crippen LogP contribution < -0.4 is 0 Å². The number of nitrogens with zero attached hydrogens (tertiary/aromatic N) is 1. The Morgan fingerprint density at radius 2 is 1.75 bits per heavy atom. The molecule has 1 N–H and O–H groups in total. The van der Waals surface area contributed by atoms with Gasteiger partial charge in [-0.15, -0.1) is 0 Å². The van der Waals surface area contributed by atoms with Crippen LogP contribution in [0.2, 0.25) is 0 Å². The van der Waals surface area contributed by atoms with Crippen molar-refractivity contribution in [2.75, 3.05) is 7.05 Å². The van der Waals surface area contributed by atoms with Crippen molar-refractivity contribution < 1.29 is 18.3 Å². The van der Waals surface area contributed by atoms with Gasteiger partial charge in [-0.3, -0.25) is 4.79 Å². The summed E-state index contributed by atoms with van der Waals surface area (Å²) in [4.78, 5) is 11.8. The average Bonchev–Trinajstić information content (AvgIpc) is 2.54. The maximum Gasteiger partial charge on any atom is 0.322 e. The van der Waals surface area contributed by atoms with Crippen LogP contribution >= 0.6 is 0 Å². The van der Waals surface area contributed by atoms with E-state index in [9.17, 15) is 18.3 Å². The van der Waals surface area contributed by atoms with Gasteiger partial charge in [0.2, 0.25) is 10.0 Å². The molecule has 0 aliphatic heterocycles. The number of likely N-dealkylation sites (N-methyl/N-ethyl adjacent to an activating group) is 1. The maximum atomic E-state index is 12.7. The summed E-state index contributed by atoms with van der Waals surface area (Å²) in [5.41, 5.74) is 2.85. The van der Waals surface area contributed by atoms with Gasteiger partial charge in [-0.05, 0) is 43.5 Å². The van der Waals surface area contributed by atoms with Crippen molar-refractivity contribution >= 4 is 16.0 Å². The summed E-state index contributed by atoms with van der Waals surface area (Å²) in [6.45, 7) is 3.85.